The van der Waals surface area contributed by atoms with Crippen molar-refractivity contribution in [2.75, 3.05) is 0 Å². The molecule has 6 nitrogen and oxygen atoms in total. The van der Waals surface area contributed by atoms with Gasteiger partial charge in [0.15, 0.2) is 0 Å². The van der Waals surface area contributed by atoms with Crippen LogP contribution in [-0.4, -0.2) is 29.8 Å². The molecule has 3 aromatic carbocycles. The normalized spacial score (nSPS) is 14.0. The molecule has 7 heteroatoms. The summed E-state index contributed by atoms with van der Waals surface area (Å²) in [7, 11) is 0. The number of carbonyl (C=O) groups is 3. The molecule has 33 heavy (non-hydrogen) atoms. The van der Waals surface area contributed by atoms with Gasteiger partial charge in [-0.25, -0.2) is 4.39 Å². The predicted octanol–water partition coefficient (Wildman–Crippen LogP) is 2.66. The van der Waals surface area contributed by atoms with Gasteiger partial charge in [0.05, 0.1) is 0 Å². The van der Waals surface area contributed by atoms with Crippen LogP contribution in [0.2, 0.25) is 0 Å². The second-order valence-corrected chi connectivity index (χ2v) is 8.09. The van der Waals surface area contributed by atoms with Crippen molar-refractivity contribution in [1.82, 2.24) is 10.6 Å². The molecule has 0 unspecified atom stereocenters. The Morgan fingerprint density at radius 1 is 0.879 bits per heavy atom. The fourth-order valence-corrected chi connectivity index (χ4v) is 4.46. The van der Waals surface area contributed by atoms with E-state index in [4.69, 9.17) is 5.73 Å². The number of halogens is 1. The van der Waals surface area contributed by atoms with Gasteiger partial charge in [-0.15, -0.1) is 0 Å². The van der Waals surface area contributed by atoms with E-state index in [9.17, 15) is 18.8 Å². The molecule has 1 aliphatic rings. The van der Waals surface area contributed by atoms with Gasteiger partial charge in [0.1, 0.15) is 17.9 Å². The van der Waals surface area contributed by atoms with Crippen LogP contribution in [-0.2, 0) is 20.8 Å². The summed E-state index contributed by atoms with van der Waals surface area (Å²) >= 11 is 0. The summed E-state index contributed by atoms with van der Waals surface area (Å²) in [6, 6.07) is 19.2. The average molecular weight is 445 g/mol. The van der Waals surface area contributed by atoms with E-state index in [0.717, 1.165) is 22.3 Å². The molecule has 0 heterocycles. The number of nitrogens with one attached hydrogen (secondary N) is 2. The maximum atomic E-state index is 14.2. The third-order valence-electron chi connectivity index (χ3n) is 5.90. The van der Waals surface area contributed by atoms with Crippen molar-refractivity contribution in [2.45, 2.75) is 31.3 Å². The number of fused-ring (bicyclic) bond motifs is 3. The Hall–Kier alpha value is -4.00. The molecule has 0 saturated heterocycles. The third kappa shape index (κ3) is 4.48. The minimum absolute atomic E-state index is 0.0680. The fraction of sp³-hybridized carbons (Fsp3) is 0.192. The molecule has 0 aliphatic heterocycles. The number of rotatable bonds is 7. The third-order valence-corrected chi connectivity index (χ3v) is 5.90. The van der Waals surface area contributed by atoms with Gasteiger partial charge in [0.2, 0.25) is 17.7 Å². The lowest BCUT2D eigenvalue weighted by molar-refractivity contribution is -0.131. The minimum Gasteiger partial charge on any atom is -0.368 e. The van der Waals surface area contributed by atoms with E-state index >= 15 is 0 Å². The van der Waals surface area contributed by atoms with Crippen molar-refractivity contribution < 1.29 is 18.8 Å². The van der Waals surface area contributed by atoms with Crippen LogP contribution in [0.25, 0.3) is 11.1 Å². The van der Waals surface area contributed by atoms with Crippen LogP contribution < -0.4 is 16.4 Å². The van der Waals surface area contributed by atoms with E-state index < -0.39 is 41.5 Å². The number of primary amides is 1. The summed E-state index contributed by atoms with van der Waals surface area (Å²) in [5, 5.41) is 5.29. The first kappa shape index (κ1) is 22.2. The van der Waals surface area contributed by atoms with Crippen molar-refractivity contribution in [3.8, 4) is 11.1 Å². The second kappa shape index (κ2) is 9.24. The van der Waals surface area contributed by atoms with Crippen LogP contribution in [0.15, 0.2) is 72.8 Å². The highest BCUT2D eigenvalue weighted by atomic mass is 19.1. The Labute approximate surface area is 191 Å². The Balaban J connectivity index is 1.66. The average Bonchev–Trinajstić information content (AvgIpc) is 3.12. The highest BCUT2D eigenvalue weighted by Crippen LogP contribution is 2.46. The molecule has 0 fully saturated rings. The van der Waals surface area contributed by atoms with E-state index in [1.54, 1.807) is 18.2 Å². The molecular weight excluding hydrogens is 421 g/mol. The molecule has 3 amide bonds. The lowest BCUT2D eigenvalue weighted by atomic mass is 9.88. The quantitative estimate of drug-likeness (QED) is 0.521. The molecule has 0 saturated carbocycles. The molecule has 4 N–H and O–H groups in total. The Kier molecular flexibility index (Phi) is 6.22. The van der Waals surface area contributed by atoms with E-state index in [1.807, 2.05) is 48.5 Å². The monoisotopic (exact) mass is 445 g/mol. The number of amides is 3. The van der Waals surface area contributed by atoms with E-state index in [2.05, 4.69) is 10.6 Å². The summed E-state index contributed by atoms with van der Waals surface area (Å²) in [5.74, 6) is -2.72. The van der Waals surface area contributed by atoms with Gasteiger partial charge < -0.3 is 16.4 Å². The van der Waals surface area contributed by atoms with E-state index in [1.165, 1.54) is 13.0 Å². The van der Waals surface area contributed by atoms with Crippen LogP contribution >= 0.6 is 0 Å². The zero-order valence-corrected chi connectivity index (χ0v) is 18.0. The first-order chi connectivity index (χ1) is 15.9. The largest absolute Gasteiger partial charge is 0.368 e. The molecule has 1 aliphatic carbocycles. The summed E-state index contributed by atoms with van der Waals surface area (Å²) in [5.41, 5.74) is 9.75. The van der Waals surface area contributed by atoms with Crippen LogP contribution in [0.3, 0.4) is 0 Å². The minimum atomic E-state index is -1.08. The van der Waals surface area contributed by atoms with Gasteiger partial charge in [0.25, 0.3) is 0 Å². The van der Waals surface area contributed by atoms with Crippen molar-refractivity contribution >= 4 is 17.7 Å². The number of nitrogens with two attached hydrogens (primary N) is 1. The Bertz CT molecular complexity index is 1180. The van der Waals surface area contributed by atoms with Crippen LogP contribution in [0.5, 0.6) is 0 Å². The number of hydrogen-bond acceptors (Lipinski definition) is 3. The Morgan fingerprint density at radius 3 is 1.97 bits per heavy atom. The standard InChI is InChI=1S/C26H24FN3O3/c1-15(31)29-22(14-16-8-2-7-13-21(16)27)26(33)30-24(25(28)32)23-19-11-5-3-9-17(19)18-10-4-6-12-20(18)23/h2-13,22-24H,14H2,1H3,(H2,28,32)(H,29,31)(H,30,33)/t22-,24-/m1/s1. The topological polar surface area (TPSA) is 101 Å². The van der Waals surface area contributed by atoms with Gasteiger partial charge in [-0.3, -0.25) is 14.4 Å². The smallest absolute Gasteiger partial charge is 0.243 e. The lowest BCUT2D eigenvalue weighted by Gasteiger charge is -2.26. The highest BCUT2D eigenvalue weighted by molar-refractivity contribution is 5.94. The Morgan fingerprint density at radius 2 is 1.42 bits per heavy atom. The van der Waals surface area contributed by atoms with Crippen molar-refractivity contribution in [3.05, 3.63) is 95.3 Å². The number of carbonyl (C=O) groups excluding carboxylic acids is 3. The van der Waals surface area contributed by atoms with Crippen molar-refractivity contribution in [1.29, 1.82) is 0 Å². The zero-order chi connectivity index (χ0) is 23.5. The van der Waals surface area contributed by atoms with E-state index in [-0.39, 0.29) is 12.0 Å². The molecule has 168 valence electrons. The predicted molar refractivity (Wildman–Crippen MR) is 123 cm³/mol. The van der Waals surface area contributed by atoms with Gasteiger partial charge in [0, 0.05) is 19.3 Å². The van der Waals surface area contributed by atoms with Crippen LogP contribution in [0.4, 0.5) is 4.39 Å². The summed E-state index contributed by atoms with van der Waals surface area (Å²) in [6.45, 7) is 1.27. The SMILES string of the molecule is CC(=O)N[C@H](Cc1ccccc1F)C(=O)N[C@@H](C(N)=O)C1c2ccccc2-c2ccccc21. The van der Waals surface area contributed by atoms with Gasteiger partial charge in [-0.05, 0) is 33.9 Å². The molecular formula is C26H24FN3O3. The summed E-state index contributed by atoms with van der Waals surface area (Å²) in [6.07, 6.45) is -0.0680. The van der Waals surface area contributed by atoms with E-state index in [0.29, 0.717) is 0 Å². The molecule has 3 aromatic rings. The zero-order valence-electron chi connectivity index (χ0n) is 18.0. The van der Waals surface area contributed by atoms with Gasteiger partial charge in [-0.1, -0.05) is 66.7 Å². The molecule has 0 radical (unpaired) electrons. The second-order valence-electron chi connectivity index (χ2n) is 8.09. The van der Waals surface area contributed by atoms with Crippen molar-refractivity contribution in [2.24, 2.45) is 5.73 Å². The van der Waals surface area contributed by atoms with Crippen molar-refractivity contribution in [3.63, 3.8) is 0 Å². The fourth-order valence-electron chi connectivity index (χ4n) is 4.46. The first-order valence-electron chi connectivity index (χ1n) is 10.6. The van der Waals surface area contributed by atoms with Gasteiger partial charge in [-0.2, -0.15) is 0 Å². The maximum Gasteiger partial charge on any atom is 0.243 e. The van der Waals surface area contributed by atoms with Crippen LogP contribution in [0, 0.1) is 5.82 Å². The lowest BCUT2D eigenvalue weighted by Crippen LogP contribution is -2.55. The molecule has 4 rings (SSSR count). The summed E-state index contributed by atoms with van der Waals surface area (Å²) in [4.78, 5) is 37.6. The highest BCUT2D eigenvalue weighted by Gasteiger charge is 2.39. The first-order valence-corrected chi connectivity index (χ1v) is 10.6. The molecule has 0 spiro atoms. The number of benzene rings is 3. The summed E-state index contributed by atoms with van der Waals surface area (Å²) < 4.78 is 14.2. The van der Waals surface area contributed by atoms with Crippen LogP contribution in [0.1, 0.15) is 29.5 Å². The molecule has 0 aromatic heterocycles. The molecule has 2 atom stereocenters. The molecule has 0 bridgehead atoms. The maximum absolute atomic E-state index is 14.2. The number of hydrogen-bond donors (Lipinski definition) is 3. The van der Waals surface area contributed by atoms with Gasteiger partial charge >= 0.3 is 0 Å².